The van der Waals surface area contributed by atoms with Gasteiger partial charge in [-0.25, -0.2) is 13.9 Å². The second kappa shape index (κ2) is 8.71. The van der Waals surface area contributed by atoms with Crippen LogP contribution in [0.2, 0.25) is 0 Å². The molecule has 0 radical (unpaired) electrons. The number of amides is 1. The predicted molar refractivity (Wildman–Crippen MR) is 112 cm³/mol. The van der Waals surface area contributed by atoms with Gasteiger partial charge >= 0.3 is 5.97 Å². The average Bonchev–Trinajstić information content (AvgIpc) is 3.44. The Morgan fingerprint density at radius 2 is 1.80 bits per heavy atom. The van der Waals surface area contributed by atoms with E-state index in [0.29, 0.717) is 5.69 Å². The molecule has 2 heterocycles. The molecule has 150 valence electrons. The lowest BCUT2D eigenvalue weighted by Gasteiger charge is -2.07. The number of para-hydroxylation sites is 2. The zero-order valence-electron chi connectivity index (χ0n) is 15.6. The number of nitrogens with zero attached hydrogens (tertiary/aromatic N) is 2. The molecule has 2 aromatic carbocycles. The number of carbonyl (C=O) groups is 2. The summed E-state index contributed by atoms with van der Waals surface area (Å²) in [6, 6.07) is 18.8. The summed E-state index contributed by atoms with van der Waals surface area (Å²) in [5.41, 5.74) is 1.51. The molecule has 0 fully saturated rings. The van der Waals surface area contributed by atoms with E-state index in [1.165, 1.54) is 29.5 Å². The molecule has 2 aromatic heterocycles. The molecule has 1 amide bonds. The molecule has 0 aliphatic carbocycles. The summed E-state index contributed by atoms with van der Waals surface area (Å²) < 4.78 is 20.4. The van der Waals surface area contributed by atoms with Crippen molar-refractivity contribution in [2.75, 3.05) is 11.9 Å². The van der Waals surface area contributed by atoms with Crippen molar-refractivity contribution in [3.63, 3.8) is 0 Å². The summed E-state index contributed by atoms with van der Waals surface area (Å²) >= 11 is 1.44. The fraction of sp³-hybridized carbons (Fsp3) is 0.0455. The van der Waals surface area contributed by atoms with E-state index >= 15 is 0 Å². The van der Waals surface area contributed by atoms with Crippen LogP contribution in [0.4, 0.5) is 10.1 Å². The molecule has 0 unspecified atom stereocenters. The van der Waals surface area contributed by atoms with E-state index < -0.39 is 24.3 Å². The third kappa shape index (κ3) is 4.28. The van der Waals surface area contributed by atoms with E-state index in [9.17, 15) is 14.0 Å². The van der Waals surface area contributed by atoms with Crippen molar-refractivity contribution in [2.45, 2.75) is 0 Å². The van der Waals surface area contributed by atoms with E-state index in [-0.39, 0.29) is 11.3 Å². The Labute approximate surface area is 175 Å². The Balaban J connectivity index is 1.52. The third-order valence-electron chi connectivity index (χ3n) is 4.19. The molecule has 4 rings (SSSR count). The van der Waals surface area contributed by atoms with Crippen molar-refractivity contribution < 1.29 is 18.7 Å². The number of thiophene rings is 1. The summed E-state index contributed by atoms with van der Waals surface area (Å²) in [7, 11) is 0. The highest BCUT2D eigenvalue weighted by Crippen LogP contribution is 2.28. The molecule has 0 saturated heterocycles. The fourth-order valence-corrected chi connectivity index (χ4v) is 3.51. The van der Waals surface area contributed by atoms with Crippen LogP contribution in [-0.2, 0) is 9.53 Å². The summed E-state index contributed by atoms with van der Waals surface area (Å²) in [5, 5.41) is 8.79. The van der Waals surface area contributed by atoms with Crippen LogP contribution in [-0.4, -0.2) is 28.3 Å². The molecule has 0 saturated carbocycles. The van der Waals surface area contributed by atoms with Gasteiger partial charge in [0.25, 0.3) is 5.91 Å². The summed E-state index contributed by atoms with van der Waals surface area (Å²) in [4.78, 5) is 25.6. The molecule has 6 nitrogen and oxygen atoms in total. The molecule has 0 spiro atoms. The topological polar surface area (TPSA) is 73.2 Å². The molecular weight excluding hydrogens is 405 g/mol. The minimum Gasteiger partial charge on any atom is -0.452 e. The molecule has 30 heavy (non-hydrogen) atoms. The predicted octanol–water partition coefficient (Wildman–Crippen LogP) is 4.54. The number of hydrogen-bond donors (Lipinski definition) is 1. The van der Waals surface area contributed by atoms with E-state index in [4.69, 9.17) is 4.74 Å². The molecule has 0 bridgehead atoms. The van der Waals surface area contributed by atoms with Gasteiger partial charge in [-0.2, -0.15) is 5.10 Å². The number of carbonyl (C=O) groups excluding carboxylic acids is 2. The highest BCUT2D eigenvalue weighted by Gasteiger charge is 2.21. The van der Waals surface area contributed by atoms with Crippen molar-refractivity contribution in [3.05, 3.63) is 89.7 Å². The normalized spacial score (nSPS) is 10.6. The smallest absolute Gasteiger partial charge is 0.342 e. The van der Waals surface area contributed by atoms with Crippen LogP contribution in [0.25, 0.3) is 16.3 Å². The van der Waals surface area contributed by atoms with Crippen molar-refractivity contribution in [2.24, 2.45) is 0 Å². The van der Waals surface area contributed by atoms with Gasteiger partial charge in [-0.3, -0.25) is 4.79 Å². The van der Waals surface area contributed by atoms with Gasteiger partial charge in [-0.1, -0.05) is 36.4 Å². The van der Waals surface area contributed by atoms with E-state index in [1.807, 2.05) is 47.8 Å². The highest BCUT2D eigenvalue weighted by atomic mass is 32.1. The maximum atomic E-state index is 13.7. The number of ether oxygens (including phenoxy) is 1. The minimum absolute atomic E-state index is 0.0229. The molecule has 0 atom stereocenters. The highest BCUT2D eigenvalue weighted by molar-refractivity contribution is 7.13. The Morgan fingerprint density at radius 1 is 1.03 bits per heavy atom. The zero-order chi connectivity index (χ0) is 20.9. The van der Waals surface area contributed by atoms with Crippen molar-refractivity contribution in [1.29, 1.82) is 0 Å². The van der Waals surface area contributed by atoms with Crippen LogP contribution in [0.1, 0.15) is 10.4 Å². The number of nitrogens with one attached hydrogen (secondary N) is 1. The molecule has 4 aromatic rings. The number of esters is 1. The zero-order valence-corrected chi connectivity index (χ0v) is 16.4. The minimum atomic E-state index is -0.690. The van der Waals surface area contributed by atoms with Gasteiger partial charge in [0.2, 0.25) is 0 Å². The first-order valence-corrected chi connectivity index (χ1v) is 9.90. The van der Waals surface area contributed by atoms with E-state index in [0.717, 1.165) is 10.6 Å². The Morgan fingerprint density at radius 3 is 2.53 bits per heavy atom. The van der Waals surface area contributed by atoms with Gasteiger partial charge in [0.05, 0.1) is 16.3 Å². The first kappa shape index (κ1) is 19.5. The number of anilines is 1. The largest absolute Gasteiger partial charge is 0.452 e. The number of benzene rings is 2. The lowest BCUT2D eigenvalue weighted by atomic mass is 10.2. The van der Waals surface area contributed by atoms with Gasteiger partial charge in [0.1, 0.15) is 17.1 Å². The van der Waals surface area contributed by atoms with Crippen molar-refractivity contribution in [1.82, 2.24) is 9.78 Å². The third-order valence-corrected chi connectivity index (χ3v) is 5.07. The lowest BCUT2D eigenvalue weighted by Crippen LogP contribution is -2.21. The van der Waals surface area contributed by atoms with Gasteiger partial charge in [-0.05, 0) is 35.7 Å². The van der Waals surface area contributed by atoms with Crippen LogP contribution in [0.15, 0.2) is 78.3 Å². The SMILES string of the molecule is O=C(COC(=O)c1cn(-c2ccccc2)nc1-c1cccs1)Nc1ccccc1F. The summed E-state index contributed by atoms with van der Waals surface area (Å²) in [6.45, 7) is -0.548. The van der Waals surface area contributed by atoms with Crippen LogP contribution in [0.5, 0.6) is 0 Å². The fourth-order valence-electron chi connectivity index (χ4n) is 2.79. The van der Waals surface area contributed by atoms with Crippen LogP contribution >= 0.6 is 11.3 Å². The van der Waals surface area contributed by atoms with Gasteiger partial charge in [0.15, 0.2) is 6.61 Å². The van der Waals surface area contributed by atoms with E-state index in [1.54, 1.807) is 16.9 Å². The molecular formula is C22H16FN3O3S. The molecule has 0 aliphatic rings. The van der Waals surface area contributed by atoms with Gasteiger partial charge in [0, 0.05) is 6.20 Å². The monoisotopic (exact) mass is 421 g/mol. The van der Waals surface area contributed by atoms with Gasteiger partial charge < -0.3 is 10.1 Å². The first-order chi connectivity index (χ1) is 14.6. The maximum Gasteiger partial charge on any atom is 0.342 e. The van der Waals surface area contributed by atoms with E-state index in [2.05, 4.69) is 10.4 Å². The standard InChI is InChI=1S/C22H16FN3O3S/c23-17-9-4-5-10-18(17)24-20(27)14-29-22(28)16-13-26(15-7-2-1-3-8-15)25-21(16)19-11-6-12-30-19/h1-13H,14H2,(H,24,27). The van der Waals surface area contributed by atoms with Crippen molar-refractivity contribution >= 4 is 28.9 Å². The number of hydrogen-bond acceptors (Lipinski definition) is 5. The van der Waals surface area contributed by atoms with Crippen molar-refractivity contribution in [3.8, 4) is 16.3 Å². The van der Waals surface area contributed by atoms with Crippen LogP contribution < -0.4 is 5.32 Å². The Bertz CT molecular complexity index is 1170. The number of halogens is 1. The molecule has 0 aliphatic heterocycles. The molecule has 8 heteroatoms. The number of aromatic nitrogens is 2. The molecule has 1 N–H and O–H groups in total. The van der Waals surface area contributed by atoms with Crippen LogP contribution in [0.3, 0.4) is 0 Å². The Hall–Kier alpha value is -3.78. The second-order valence-electron chi connectivity index (χ2n) is 6.25. The quantitative estimate of drug-likeness (QED) is 0.464. The maximum absolute atomic E-state index is 13.7. The Kier molecular flexibility index (Phi) is 5.67. The second-order valence-corrected chi connectivity index (χ2v) is 7.20. The number of rotatable bonds is 6. The van der Waals surface area contributed by atoms with Gasteiger partial charge in [-0.15, -0.1) is 11.3 Å². The lowest BCUT2D eigenvalue weighted by molar-refractivity contribution is -0.119. The first-order valence-electron chi connectivity index (χ1n) is 9.02. The summed E-state index contributed by atoms with van der Waals surface area (Å²) in [5.74, 6) is -1.90. The summed E-state index contributed by atoms with van der Waals surface area (Å²) in [6.07, 6.45) is 1.57. The van der Waals surface area contributed by atoms with Crippen LogP contribution in [0, 0.1) is 5.82 Å². The average molecular weight is 421 g/mol.